The van der Waals surface area contributed by atoms with Gasteiger partial charge in [0.05, 0.1) is 16.1 Å². The zero-order valence-corrected chi connectivity index (χ0v) is 14.1. The molecule has 0 aliphatic rings. The highest BCUT2D eigenvalue weighted by atomic mass is 35.5. The Hall–Kier alpha value is -2.36. The van der Waals surface area contributed by atoms with Crippen molar-refractivity contribution < 1.29 is 4.79 Å². The predicted molar refractivity (Wildman–Crippen MR) is 96.5 cm³/mol. The van der Waals surface area contributed by atoms with E-state index in [0.717, 1.165) is 11.1 Å². The number of pyridine rings is 1. The highest BCUT2D eigenvalue weighted by Crippen LogP contribution is 2.25. The molecule has 0 spiro atoms. The van der Waals surface area contributed by atoms with Crippen LogP contribution in [0.25, 0.3) is 0 Å². The summed E-state index contributed by atoms with van der Waals surface area (Å²) in [5.74, 6) is -0.223. The van der Waals surface area contributed by atoms with E-state index < -0.39 is 0 Å². The van der Waals surface area contributed by atoms with Crippen LogP contribution >= 0.6 is 23.2 Å². The molecular weight excluding hydrogens is 343 g/mol. The van der Waals surface area contributed by atoms with Gasteiger partial charge in [-0.2, -0.15) is 0 Å². The molecule has 1 heterocycles. The first kappa shape index (κ1) is 16.5. The number of nitrogens with one attached hydrogen (secondary N) is 1. The molecule has 1 atom stereocenters. The fraction of sp³-hybridized carbons (Fsp3) is 0.0526. The van der Waals surface area contributed by atoms with E-state index in [9.17, 15) is 4.79 Å². The molecule has 0 bridgehead atoms. The number of aromatic nitrogens is 1. The number of rotatable bonds is 4. The fourth-order valence-electron chi connectivity index (χ4n) is 2.41. The first-order valence-corrected chi connectivity index (χ1v) is 8.11. The molecule has 0 aliphatic heterocycles. The van der Waals surface area contributed by atoms with Crippen LogP contribution in [0.5, 0.6) is 0 Å². The number of benzene rings is 2. The van der Waals surface area contributed by atoms with Crippen LogP contribution in [-0.4, -0.2) is 10.9 Å². The van der Waals surface area contributed by atoms with E-state index in [1.165, 1.54) is 0 Å². The van der Waals surface area contributed by atoms with Crippen LogP contribution in [-0.2, 0) is 0 Å². The molecule has 24 heavy (non-hydrogen) atoms. The molecule has 1 aromatic heterocycles. The van der Waals surface area contributed by atoms with Gasteiger partial charge in [-0.25, -0.2) is 0 Å². The standard InChI is InChI=1S/C19H14Cl2N2O/c20-16-7-6-15(12-17(16)21)19(24)23-18(13-4-2-1-3-5-13)14-8-10-22-11-9-14/h1-12,18H,(H,23,24)/t18-/m0/s1. The second-order valence-electron chi connectivity index (χ2n) is 5.23. The highest BCUT2D eigenvalue weighted by molar-refractivity contribution is 6.42. The minimum absolute atomic E-state index is 0.223. The maximum Gasteiger partial charge on any atom is 0.252 e. The Kier molecular flexibility index (Phi) is 5.14. The molecule has 0 saturated carbocycles. The zero-order chi connectivity index (χ0) is 16.9. The first-order valence-electron chi connectivity index (χ1n) is 7.36. The zero-order valence-electron chi connectivity index (χ0n) is 12.6. The van der Waals surface area contributed by atoms with Crippen LogP contribution in [0.3, 0.4) is 0 Å². The lowest BCUT2D eigenvalue weighted by atomic mass is 9.99. The molecule has 1 N–H and O–H groups in total. The summed E-state index contributed by atoms with van der Waals surface area (Å²) < 4.78 is 0. The van der Waals surface area contributed by atoms with Crippen LogP contribution < -0.4 is 5.32 Å². The Bertz CT molecular complexity index is 799. The second kappa shape index (κ2) is 7.47. The third-order valence-corrected chi connectivity index (χ3v) is 4.37. The SMILES string of the molecule is O=C(N[C@@H](c1ccccc1)c1ccncc1)c1ccc(Cl)c(Cl)c1. The normalized spacial score (nSPS) is 11.8. The monoisotopic (exact) mass is 356 g/mol. The molecule has 3 aromatic rings. The summed E-state index contributed by atoms with van der Waals surface area (Å²) in [6.07, 6.45) is 3.41. The lowest BCUT2D eigenvalue weighted by Gasteiger charge is -2.20. The Morgan fingerprint density at radius 1 is 0.875 bits per heavy atom. The minimum Gasteiger partial charge on any atom is -0.341 e. The molecule has 5 heteroatoms. The molecule has 2 aromatic carbocycles. The summed E-state index contributed by atoms with van der Waals surface area (Å²) >= 11 is 11.9. The molecule has 1 amide bonds. The number of hydrogen-bond donors (Lipinski definition) is 1. The van der Waals surface area contributed by atoms with Gasteiger partial charge >= 0.3 is 0 Å². The maximum absolute atomic E-state index is 12.6. The van der Waals surface area contributed by atoms with E-state index in [4.69, 9.17) is 23.2 Å². The van der Waals surface area contributed by atoms with Crippen molar-refractivity contribution in [1.82, 2.24) is 10.3 Å². The average molecular weight is 357 g/mol. The third-order valence-electron chi connectivity index (χ3n) is 3.63. The van der Waals surface area contributed by atoms with Crippen molar-refractivity contribution in [1.29, 1.82) is 0 Å². The summed E-state index contributed by atoms with van der Waals surface area (Å²) in [7, 11) is 0. The Balaban J connectivity index is 1.92. The summed E-state index contributed by atoms with van der Waals surface area (Å²) in [4.78, 5) is 16.7. The largest absolute Gasteiger partial charge is 0.341 e. The fourth-order valence-corrected chi connectivity index (χ4v) is 2.71. The predicted octanol–water partition coefficient (Wildman–Crippen LogP) is 4.91. The highest BCUT2D eigenvalue weighted by Gasteiger charge is 2.18. The van der Waals surface area contributed by atoms with Gasteiger partial charge in [0.2, 0.25) is 0 Å². The van der Waals surface area contributed by atoms with Gasteiger partial charge in [-0.15, -0.1) is 0 Å². The van der Waals surface area contributed by atoms with Crippen LogP contribution in [0.1, 0.15) is 27.5 Å². The van der Waals surface area contributed by atoms with Gasteiger partial charge in [0.15, 0.2) is 0 Å². The summed E-state index contributed by atoms with van der Waals surface area (Å²) in [6, 6.07) is 18.1. The Morgan fingerprint density at radius 3 is 2.21 bits per heavy atom. The summed E-state index contributed by atoms with van der Waals surface area (Å²) in [6.45, 7) is 0. The van der Waals surface area contributed by atoms with Gasteiger partial charge in [0.25, 0.3) is 5.91 Å². The Labute approximate surface area is 150 Å². The number of carbonyl (C=O) groups excluding carboxylic acids is 1. The molecule has 0 unspecified atom stereocenters. The third kappa shape index (κ3) is 3.75. The first-order chi connectivity index (χ1) is 11.6. The summed E-state index contributed by atoms with van der Waals surface area (Å²) in [5, 5.41) is 3.81. The van der Waals surface area contributed by atoms with Crippen molar-refractivity contribution in [2.45, 2.75) is 6.04 Å². The van der Waals surface area contributed by atoms with E-state index >= 15 is 0 Å². The smallest absolute Gasteiger partial charge is 0.252 e. The molecular formula is C19H14Cl2N2O. The van der Waals surface area contributed by atoms with Crippen molar-refractivity contribution in [3.8, 4) is 0 Å². The van der Waals surface area contributed by atoms with Crippen molar-refractivity contribution >= 4 is 29.1 Å². The van der Waals surface area contributed by atoms with Crippen LogP contribution in [0, 0.1) is 0 Å². The van der Waals surface area contributed by atoms with E-state index in [0.29, 0.717) is 15.6 Å². The van der Waals surface area contributed by atoms with Crippen molar-refractivity contribution in [3.63, 3.8) is 0 Å². The van der Waals surface area contributed by atoms with Crippen molar-refractivity contribution in [2.24, 2.45) is 0 Å². The lowest BCUT2D eigenvalue weighted by molar-refractivity contribution is 0.0943. The number of hydrogen-bond acceptors (Lipinski definition) is 2. The molecule has 120 valence electrons. The van der Waals surface area contributed by atoms with Gasteiger partial charge in [-0.1, -0.05) is 53.5 Å². The van der Waals surface area contributed by atoms with Gasteiger partial charge in [0, 0.05) is 18.0 Å². The van der Waals surface area contributed by atoms with Crippen molar-refractivity contribution in [2.75, 3.05) is 0 Å². The van der Waals surface area contributed by atoms with Crippen LogP contribution in [0.2, 0.25) is 10.0 Å². The lowest BCUT2D eigenvalue weighted by Crippen LogP contribution is -2.29. The molecule has 0 radical (unpaired) electrons. The van der Waals surface area contributed by atoms with Gasteiger partial charge < -0.3 is 5.32 Å². The van der Waals surface area contributed by atoms with Crippen molar-refractivity contribution in [3.05, 3.63) is 99.8 Å². The quantitative estimate of drug-likeness (QED) is 0.721. The minimum atomic E-state index is -0.281. The Morgan fingerprint density at radius 2 is 1.54 bits per heavy atom. The van der Waals surface area contributed by atoms with Gasteiger partial charge in [0.1, 0.15) is 0 Å². The van der Waals surface area contributed by atoms with Gasteiger partial charge in [-0.05, 0) is 41.5 Å². The number of amides is 1. The van der Waals surface area contributed by atoms with E-state index in [1.54, 1.807) is 30.6 Å². The molecule has 0 saturated heterocycles. The van der Waals surface area contributed by atoms with E-state index in [-0.39, 0.29) is 11.9 Å². The average Bonchev–Trinajstić information content (AvgIpc) is 2.63. The molecule has 0 aliphatic carbocycles. The molecule has 3 rings (SSSR count). The topological polar surface area (TPSA) is 42.0 Å². The molecule has 3 nitrogen and oxygen atoms in total. The van der Waals surface area contributed by atoms with E-state index in [2.05, 4.69) is 10.3 Å². The maximum atomic E-state index is 12.6. The van der Waals surface area contributed by atoms with E-state index in [1.807, 2.05) is 42.5 Å². The number of carbonyl (C=O) groups is 1. The number of nitrogens with zero attached hydrogens (tertiary/aromatic N) is 1. The van der Waals surface area contributed by atoms with Gasteiger partial charge in [-0.3, -0.25) is 9.78 Å². The number of halogens is 2. The van der Waals surface area contributed by atoms with Crippen LogP contribution in [0.15, 0.2) is 73.1 Å². The summed E-state index contributed by atoms with van der Waals surface area (Å²) in [5.41, 5.74) is 2.39. The van der Waals surface area contributed by atoms with Crippen LogP contribution in [0.4, 0.5) is 0 Å². The molecule has 0 fully saturated rings. The second-order valence-corrected chi connectivity index (χ2v) is 6.04.